The Labute approximate surface area is 123 Å². The van der Waals surface area contributed by atoms with Crippen LogP contribution in [0.4, 0.5) is 14.5 Å². The van der Waals surface area contributed by atoms with Crippen molar-refractivity contribution in [3.63, 3.8) is 0 Å². The molecule has 0 aromatic heterocycles. The molecule has 0 radical (unpaired) electrons. The number of halogens is 2. The highest BCUT2D eigenvalue weighted by atomic mass is 19.1. The number of carbonyl (C=O) groups is 1. The summed E-state index contributed by atoms with van der Waals surface area (Å²) in [5, 5.41) is 2.44. The molecule has 0 aliphatic carbocycles. The van der Waals surface area contributed by atoms with Crippen LogP contribution in [0, 0.1) is 11.6 Å². The number of nitrogens with zero attached hydrogens (tertiary/aromatic N) is 1. The number of benzene rings is 1. The van der Waals surface area contributed by atoms with Crippen LogP contribution in [0.5, 0.6) is 0 Å². The van der Waals surface area contributed by atoms with Crippen molar-refractivity contribution in [1.29, 1.82) is 0 Å². The van der Waals surface area contributed by atoms with E-state index in [1.165, 1.54) is 7.05 Å². The Morgan fingerprint density at radius 1 is 1.43 bits per heavy atom. The van der Waals surface area contributed by atoms with Gasteiger partial charge in [0.1, 0.15) is 17.3 Å². The zero-order valence-corrected chi connectivity index (χ0v) is 12.5. The minimum atomic E-state index is -0.768. The van der Waals surface area contributed by atoms with E-state index >= 15 is 0 Å². The summed E-state index contributed by atoms with van der Waals surface area (Å²) >= 11 is 0. The molecule has 116 valence electrons. The molecule has 1 N–H and O–H groups in total. The normalized spacial score (nSPS) is 22.2. The summed E-state index contributed by atoms with van der Waals surface area (Å²) in [5.74, 6) is -1.90. The molecule has 1 aromatic rings. The molecule has 4 nitrogen and oxygen atoms in total. The van der Waals surface area contributed by atoms with Gasteiger partial charge in [-0.15, -0.1) is 0 Å². The fraction of sp³-hybridized carbons (Fsp3) is 0.533. The van der Waals surface area contributed by atoms with Gasteiger partial charge in [0.2, 0.25) is 0 Å². The summed E-state index contributed by atoms with van der Waals surface area (Å²) in [6.45, 7) is 4.70. The van der Waals surface area contributed by atoms with Gasteiger partial charge < -0.3 is 15.0 Å². The number of hydrogen-bond donors (Lipinski definition) is 1. The lowest BCUT2D eigenvalue weighted by molar-refractivity contribution is -0.0444. The molecule has 1 amide bonds. The molecule has 1 aromatic carbocycles. The fourth-order valence-electron chi connectivity index (χ4n) is 2.53. The standard InChI is InChI=1S/C15H20F2N2O2/c1-4-11-8-21-9(2)7-19(11)15(20)10-5-12(16)14(18-3)13(17)6-10/h5-6,9,11,18H,4,7-8H2,1-3H3. The highest BCUT2D eigenvalue weighted by molar-refractivity contribution is 5.95. The second kappa shape index (κ2) is 6.39. The van der Waals surface area contributed by atoms with E-state index in [-0.39, 0.29) is 29.3 Å². The summed E-state index contributed by atoms with van der Waals surface area (Å²) in [6, 6.07) is 2.08. The van der Waals surface area contributed by atoms with E-state index in [9.17, 15) is 13.6 Å². The van der Waals surface area contributed by atoms with Gasteiger partial charge in [-0.25, -0.2) is 8.78 Å². The minimum Gasteiger partial charge on any atom is -0.383 e. The molecule has 1 aliphatic heterocycles. The summed E-state index contributed by atoms with van der Waals surface area (Å²) in [4.78, 5) is 14.2. The summed E-state index contributed by atoms with van der Waals surface area (Å²) in [6.07, 6.45) is 0.654. The van der Waals surface area contributed by atoms with Gasteiger partial charge in [0.25, 0.3) is 5.91 Å². The van der Waals surface area contributed by atoms with E-state index in [0.717, 1.165) is 18.6 Å². The number of amides is 1. The third-order valence-electron chi connectivity index (χ3n) is 3.74. The average molecular weight is 298 g/mol. The van der Waals surface area contributed by atoms with Gasteiger partial charge >= 0.3 is 0 Å². The smallest absolute Gasteiger partial charge is 0.254 e. The Morgan fingerprint density at radius 3 is 2.57 bits per heavy atom. The van der Waals surface area contributed by atoms with Crippen LogP contribution >= 0.6 is 0 Å². The molecule has 0 bridgehead atoms. The SMILES string of the molecule is CCC1COC(C)CN1C(=O)c1cc(F)c(NC)c(F)c1. The van der Waals surface area contributed by atoms with Crippen LogP contribution in [-0.2, 0) is 4.74 Å². The van der Waals surface area contributed by atoms with Crippen LogP contribution in [-0.4, -0.2) is 43.2 Å². The third kappa shape index (κ3) is 3.15. The van der Waals surface area contributed by atoms with Gasteiger partial charge in [-0.1, -0.05) is 6.92 Å². The van der Waals surface area contributed by atoms with Crippen LogP contribution in [0.15, 0.2) is 12.1 Å². The summed E-state index contributed by atoms with van der Waals surface area (Å²) in [7, 11) is 1.43. The van der Waals surface area contributed by atoms with Crippen molar-refractivity contribution in [2.45, 2.75) is 32.4 Å². The second-order valence-electron chi connectivity index (χ2n) is 5.23. The van der Waals surface area contributed by atoms with Gasteiger partial charge in [0, 0.05) is 19.2 Å². The third-order valence-corrected chi connectivity index (χ3v) is 3.74. The summed E-state index contributed by atoms with van der Waals surface area (Å²) in [5.41, 5.74) is -0.203. The van der Waals surface area contributed by atoms with Crippen molar-refractivity contribution in [1.82, 2.24) is 4.90 Å². The first-order valence-corrected chi connectivity index (χ1v) is 7.07. The first-order valence-electron chi connectivity index (χ1n) is 7.07. The van der Waals surface area contributed by atoms with Gasteiger partial charge in [-0.3, -0.25) is 4.79 Å². The molecule has 0 saturated carbocycles. The molecule has 1 aliphatic rings. The van der Waals surface area contributed by atoms with Crippen LogP contribution in [0.25, 0.3) is 0 Å². The van der Waals surface area contributed by atoms with Gasteiger partial charge in [-0.2, -0.15) is 0 Å². The Bertz CT molecular complexity index is 513. The average Bonchev–Trinajstić information content (AvgIpc) is 2.46. The van der Waals surface area contributed by atoms with E-state index in [1.807, 2.05) is 13.8 Å². The number of morpholine rings is 1. The maximum Gasteiger partial charge on any atom is 0.254 e. The summed E-state index contributed by atoms with van der Waals surface area (Å²) < 4.78 is 33.1. The van der Waals surface area contributed by atoms with Crippen molar-refractivity contribution in [2.75, 3.05) is 25.5 Å². The van der Waals surface area contributed by atoms with E-state index < -0.39 is 11.6 Å². The Balaban J connectivity index is 2.30. The molecule has 1 fully saturated rings. The van der Waals surface area contributed by atoms with E-state index in [4.69, 9.17) is 4.74 Å². The van der Waals surface area contributed by atoms with Crippen molar-refractivity contribution in [3.8, 4) is 0 Å². The number of rotatable bonds is 3. The first-order chi connectivity index (χ1) is 9.97. The van der Waals surface area contributed by atoms with Gasteiger partial charge in [0.05, 0.1) is 18.8 Å². The highest BCUT2D eigenvalue weighted by Gasteiger charge is 2.30. The minimum absolute atomic E-state index is 0.0246. The maximum absolute atomic E-state index is 13.8. The van der Waals surface area contributed by atoms with Gasteiger partial charge in [-0.05, 0) is 25.5 Å². The number of hydrogen-bond acceptors (Lipinski definition) is 3. The maximum atomic E-state index is 13.8. The zero-order chi connectivity index (χ0) is 15.6. The van der Waals surface area contributed by atoms with E-state index in [2.05, 4.69) is 5.32 Å². The lowest BCUT2D eigenvalue weighted by Gasteiger charge is -2.38. The number of ether oxygens (including phenoxy) is 1. The van der Waals surface area contributed by atoms with Crippen LogP contribution in [0.3, 0.4) is 0 Å². The van der Waals surface area contributed by atoms with Crippen molar-refractivity contribution < 1.29 is 18.3 Å². The lowest BCUT2D eigenvalue weighted by Crippen LogP contribution is -2.51. The van der Waals surface area contributed by atoms with Crippen LogP contribution in [0.2, 0.25) is 0 Å². The second-order valence-corrected chi connectivity index (χ2v) is 5.23. The topological polar surface area (TPSA) is 41.6 Å². The molecular weight excluding hydrogens is 278 g/mol. The van der Waals surface area contributed by atoms with Crippen molar-refractivity contribution in [2.24, 2.45) is 0 Å². The molecular formula is C15H20F2N2O2. The highest BCUT2D eigenvalue weighted by Crippen LogP contribution is 2.23. The quantitative estimate of drug-likeness (QED) is 0.933. The van der Waals surface area contributed by atoms with Crippen LogP contribution in [0.1, 0.15) is 30.6 Å². The predicted molar refractivity (Wildman–Crippen MR) is 76.4 cm³/mol. The zero-order valence-electron chi connectivity index (χ0n) is 12.5. The Morgan fingerprint density at radius 2 is 2.05 bits per heavy atom. The molecule has 1 heterocycles. The predicted octanol–water partition coefficient (Wildman–Crippen LogP) is 2.65. The van der Waals surface area contributed by atoms with E-state index in [1.54, 1.807) is 4.90 Å². The molecule has 1 saturated heterocycles. The number of carbonyl (C=O) groups excluding carboxylic acids is 1. The fourth-order valence-corrected chi connectivity index (χ4v) is 2.53. The van der Waals surface area contributed by atoms with Crippen molar-refractivity contribution >= 4 is 11.6 Å². The molecule has 6 heteroatoms. The molecule has 21 heavy (non-hydrogen) atoms. The van der Waals surface area contributed by atoms with Crippen LogP contribution < -0.4 is 5.32 Å². The molecule has 0 spiro atoms. The van der Waals surface area contributed by atoms with Gasteiger partial charge in [0.15, 0.2) is 0 Å². The Kier molecular flexibility index (Phi) is 4.77. The first kappa shape index (κ1) is 15.7. The largest absolute Gasteiger partial charge is 0.383 e. The monoisotopic (exact) mass is 298 g/mol. The van der Waals surface area contributed by atoms with Crippen molar-refractivity contribution in [3.05, 3.63) is 29.3 Å². The molecule has 2 unspecified atom stereocenters. The van der Waals surface area contributed by atoms with E-state index in [0.29, 0.717) is 13.2 Å². The molecule has 2 rings (SSSR count). The lowest BCUT2D eigenvalue weighted by atomic mass is 10.1. The molecule has 2 atom stereocenters. The number of anilines is 1. The Hall–Kier alpha value is -1.69. The number of nitrogens with one attached hydrogen (secondary N) is 1.